The summed E-state index contributed by atoms with van der Waals surface area (Å²) in [7, 11) is 3.81. The van der Waals surface area contributed by atoms with Gasteiger partial charge in [0.05, 0.1) is 12.6 Å². The molecular formula is C28H33N7O3. The molecule has 0 aliphatic carbocycles. The number of likely N-dealkylation sites (N-methyl/N-ethyl adjacent to an activating group) is 2. The Morgan fingerprint density at radius 2 is 1.92 bits per heavy atom. The van der Waals surface area contributed by atoms with E-state index in [2.05, 4.69) is 26.3 Å². The van der Waals surface area contributed by atoms with E-state index in [4.69, 9.17) is 0 Å². The van der Waals surface area contributed by atoms with Crippen molar-refractivity contribution < 1.29 is 14.4 Å². The summed E-state index contributed by atoms with van der Waals surface area (Å²) in [6.45, 7) is 5.27. The molecule has 0 radical (unpaired) electrons. The average molecular weight is 516 g/mol. The smallest absolute Gasteiger partial charge is 0.323 e. The number of hydrogen-bond acceptors (Lipinski definition) is 5. The molecule has 1 aromatic carbocycles. The first-order valence-corrected chi connectivity index (χ1v) is 12.8. The number of piperazine rings is 1. The minimum absolute atomic E-state index is 0.0178. The lowest BCUT2D eigenvalue weighted by Gasteiger charge is -2.35. The summed E-state index contributed by atoms with van der Waals surface area (Å²) in [5.74, 6) is 0.284. The molecule has 10 nitrogen and oxygen atoms in total. The highest BCUT2D eigenvalue weighted by Crippen LogP contribution is 2.25. The molecule has 38 heavy (non-hydrogen) atoms. The van der Waals surface area contributed by atoms with Crippen molar-refractivity contribution >= 4 is 40.6 Å². The van der Waals surface area contributed by atoms with Crippen LogP contribution in [0, 0.1) is 0 Å². The van der Waals surface area contributed by atoms with Crippen LogP contribution in [0.1, 0.15) is 29.8 Å². The molecule has 2 aliphatic heterocycles. The van der Waals surface area contributed by atoms with E-state index in [0.717, 1.165) is 40.8 Å². The number of hydrogen-bond donors (Lipinski definition) is 2. The lowest BCUT2D eigenvalue weighted by atomic mass is 10.1. The summed E-state index contributed by atoms with van der Waals surface area (Å²) in [6, 6.07) is 11.5. The molecule has 4 heterocycles. The molecular weight excluding hydrogens is 482 g/mol. The first-order valence-electron chi connectivity index (χ1n) is 12.8. The maximum atomic E-state index is 12.9. The fourth-order valence-corrected chi connectivity index (χ4v) is 4.76. The SMILES string of the molecule is CC(c1cc2ccccc2[nH]1)N(C)C(=O)C=Cc1cnc2c(c1)CN(CC(=O)N1CCN(C)CC1)C(=O)N2. The molecule has 5 rings (SSSR count). The summed E-state index contributed by atoms with van der Waals surface area (Å²) in [4.78, 5) is 53.2. The highest BCUT2D eigenvalue weighted by atomic mass is 16.2. The van der Waals surface area contributed by atoms with Crippen LogP contribution < -0.4 is 5.32 Å². The predicted molar refractivity (Wildman–Crippen MR) is 146 cm³/mol. The number of amides is 4. The van der Waals surface area contributed by atoms with Gasteiger partial charge >= 0.3 is 6.03 Å². The van der Waals surface area contributed by atoms with Crippen LogP contribution in [-0.2, 0) is 16.1 Å². The van der Waals surface area contributed by atoms with Crippen LogP contribution in [0.5, 0.6) is 0 Å². The largest absolute Gasteiger partial charge is 0.357 e. The van der Waals surface area contributed by atoms with Gasteiger partial charge in [-0.3, -0.25) is 14.9 Å². The Labute approximate surface area is 221 Å². The molecule has 0 bridgehead atoms. The molecule has 1 unspecified atom stereocenters. The number of aromatic nitrogens is 2. The van der Waals surface area contributed by atoms with Gasteiger partial charge in [0.2, 0.25) is 11.8 Å². The Bertz CT molecular complexity index is 1360. The Hall–Kier alpha value is -4.18. The molecule has 0 spiro atoms. The first-order chi connectivity index (χ1) is 18.3. The van der Waals surface area contributed by atoms with E-state index in [1.165, 1.54) is 11.0 Å². The van der Waals surface area contributed by atoms with Crippen molar-refractivity contribution in [3.8, 4) is 0 Å². The Balaban J connectivity index is 1.22. The third-order valence-electron chi connectivity index (χ3n) is 7.39. The van der Waals surface area contributed by atoms with Crippen LogP contribution in [0.15, 0.2) is 48.7 Å². The monoisotopic (exact) mass is 515 g/mol. The molecule has 2 aliphatic rings. The van der Waals surface area contributed by atoms with E-state index >= 15 is 0 Å². The number of fused-ring (bicyclic) bond motifs is 2. The van der Waals surface area contributed by atoms with Gasteiger partial charge in [-0.05, 0) is 49.2 Å². The lowest BCUT2D eigenvalue weighted by molar-refractivity contribution is -0.133. The van der Waals surface area contributed by atoms with Crippen molar-refractivity contribution in [1.29, 1.82) is 0 Å². The van der Waals surface area contributed by atoms with Crippen molar-refractivity contribution in [3.05, 3.63) is 65.5 Å². The topological polar surface area (TPSA) is 105 Å². The number of nitrogens with zero attached hydrogens (tertiary/aromatic N) is 5. The summed E-state index contributed by atoms with van der Waals surface area (Å²) >= 11 is 0. The number of benzene rings is 1. The minimum atomic E-state index is -0.335. The van der Waals surface area contributed by atoms with Crippen molar-refractivity contribution in [3.63, 3.8) is 0 Å². The Kier molecular flexibility index (Phi) is 7.15. The van der Waals surface area contributed by atoms with Crippen LogP contribution in [-0.4, -0.2) is 94.2 Å². The van der Waals surface area contributed by atoms with Gasteiger partial charge in [0.15, 0.2) is 0 Å². The number of nitrogens with one attached hydrogen (secondary N) is 2. The highest BCUT2D eigenvalue weighted by Gasteiger charge is 2.28. The van der Waals surface area contributed by atoms with Crippen molar-refractivity contribution in [2.75, 3.05) is 52.1 Å². The van der Waals surface area contributed by atoms with Crippen LogP contribution in [0.2, 0.25) is 0 Å². The number of urea groups is 1. The maximum absolute atomic E-state index is 12.9. The minimum Gasteiger partial charge on any atom is -0.357 e. The van der Waals surface area contributed by atoms with E-state index in [1.54, 1.807) is 29.1 Å². The molecule has 3 aromatic rings. The molecule has 10 heteroatoms. The summed E-state index contributed by atoms with van der Waals surface area (Å²) in [6.07, 6.45) is 4.87. The van der Waals surface area contributed by atoms with Gasteiger partial charge in [0.25, 0.3) is 0 Å². The number of H-pyrrole nitrogens is 1. The number of aromatic amines is 1. The normalized spacial score (nSPS) is 17.0. The fourth-order valence-electron chi connectivity index (χ4n) is 4.76. The molecule has 1 fully saturated rings. The van der Waals surface area contributed by atoms with E-state index in [0.29, 0.717) is 18.9 Å². The fraction of sp³-hybridized carbons (Fsp3) is 0.357. The van der Waals surface area contributed by atoms with Crippen molar-refractivity contribution in [2.45, 2.75) is 19.5 Å². The summed E-state index contributed by atoms with van der Waals surface area (Å²) in [5.41, 5.74) is 3.54. The van der Waals surface area contributed by atoms with Gasteiger partial charge in [0.1, 0.15) is 12.4 Å². The zero-order chi connectivity index (χ0) is 26.8. The zero-order valence-corrected chi connectivity index (χ0v) is 22.0. The number of para-hydroxylation sites is 1. The van der Waals surface area contributed by atoms with Gasteiger partial charge in [-0.25, -0.2) is 9.78 Å². The van der Waals surface area contributed by atoms with Gasteiger partial charge in [-0.15, -0.1) is 0 Å². The summed E-state index contributed by atoms with van der Waals surface area (Å²) < 4.78 is 0. The van der Waals surface area contributed by atoms with Gasteiger partial charge in [-0.2, -0.15) is 0 Å². The van der Waals surface area contributed by atoms with Crippen LogP contribution >= 0.6 is 0 Å². The number of pyridine rings is 1. The third-order valence-corrected chi connectivity index (χ3v) is 7.39. The lowest BCUT2D eigenvalue weighted by Crippen LogP contribution is -2.51. The van der Waals surface area contributed by atoms with Crippen LogP contribution in [0.3, 0.4) is 0 Å². The molecule has 1 saturated heterocycles. The Morgan fingerprint density at radius 1 is 1.16 bits per heavy atom. The molecule has 198 valence electrons. The standard InChI is InChI=1S/C28H33N7O3/c1-19(24-15-21-6-4-5-7-23(21)30-24)33(3)25(36)9-8-20-14-22-17-35(28(38)31-27(22)29-16-20)18-26(37)34-12-10-32(2)11-13-34/h4-9,14-16,19,30H,10-13,17-18H2,1-3H3,(H,29,31,38). The second-order valence-corrected chi connectivity index (χ2v) is 10.0. The average Bonchev–Trinajstić information content (AvgIpc) is 3.36. The molecule has 0 saturated carbocycles. The van der Waals surface area contributed by atoms with Crippen molar-refractivity contribution in [1.82, 2.24) is 29.6 Å². The van der Waals surface area contributed by atoms with Crippen LogP contribution in [0.4, 0.5) is 10.6 Å². The third kappa shape index (κ3) is 5.40. The molecule has 2 N–H and O–H groups in total. The second kappa shape index (κ2) is 10.7. The molecule has 1 atom stereocenters. The molecule has 2 aromatic heterocycles. The summed E-state index contributed by atoms with van der Waals surface area (Å²) in [5, 5.41) is 3.88. The first kappa shape index (κ1) is 25.5. The quantitative estimate of drug-likeness (QED) is 0.491. The zero-order valence-electron chi connectivity index (χ0n) is 22.0. The number of rotatable bonds is 6. The van der Waals surface area contributed by atoms with E-state index in [9.17, 15) is 14.4 Å². The number of anilines is 1. The maximum Gasteiger partial charge on any atom is 0.323 e. The van der Waals surface area contributed by atoms with E-state index in [1.807, 2.05) is 44.3 Å². The number of carbonyl (C=O) groups excluding carboxylic acids is 3. The van der Waals surface area contributed by atoms with Gasteiger partial charge in [0, 0.05) is 62.3 Å². The Morgan fingerprint density at radius 3 is 2.68 bits per heavy atom. The molecule has 4 amide bonds. The number of carbonyl (C=O) groups is 3. The van der Waals surface area contributed by atoms with Crippen LogP contribution in [0.25, 0.3) is 17.0 Å². The van der Waals surface area contributed by atoms with Crippen molar-refractivity contribution in [2.24, 2.45) is 0 Å². The van der Waals surface area contributed by atoms with Gasteiger partial charge < -0.3 is 24.6 Å². The highest BCUT2D eigenvalue weighted by molar-refractivity contribution is 5.95. The van der Waals surface area contributed by atoms with Gasteiger partial charge in [-0.1, -0.05) is 18.2 Å². The van der Waals surface area contributed by atoms with E-state index < -0.39 is 0 Å². The predicted octanol–water partition coefficient (Wildman–Crippen LogP) is 2.92. The van der Waals surface area contributed by atoms with E-state index in [-0.39, 0.29) is 37.0 Å². The second-order valence-electron chi connectivity index (χ2n) is 10.0.